The number of piperazine rings is 1. The molecule has 0 atom stereocenters. The Morgan fingerprint density at radius 1 is 0.903 bits per heavy atom. The Hall–Kier alpha value is -3.59. The number of rotatable bonds is 7. The van der Waals surface area contributed by atoms with Gasteiger partial charge in [0.15, 0.2) is 11.5 Å². The molecule has 1 fully saturated rings. The van der Waals surface area contributed by atoms with Crippen LogP contribution >= 0.6 is 0 Å². The Bertz CT molecular complexity index is 953. The summed E-state index contributed by atoms with van der Waals surface area (Å²) in [5, 5.41) is 2.80. The van der Waals surface area contributed by atoms with Gasteiger partial charge in [-0.1, -0.05) is 0 Å². The van der Waals surface area contributed by atoms with Crippen molar-refractivity contribution in [3.05, 3.63) is 53.6 Å². The Kier molecular flexibility index (Phi) is 7.09. The number of carbonyl (C=O) groups excluding carboxylic acids is 3. The first-order chi connectivity index (χ1) is 14.9. The second-order valence-corrected chi connectivity index (χ2v) is 7.13. The summed E-state index contributed by atoms with van der Waals surface area (Å²) in [6.07, 6.45) is 0. The van der Waals surface area contributed by atoms with E-state index in [1.807, 2.05) is 4.90 Å². The second-order valence-electron chi connectivity index (χ2n) is 7.13. The van der Waals surface area contributed by atoms with Gasteiger partial charge in [0.05, 0.1) is 20.8 Å². The monoisotopic (exact) mass is 426 g/mol. The van der Waals surface area contributed by atoms with Crippen LogP contribution in [0.2, 0.25) is 0 Å². The highest BCUT2D eigenvalue weighted by atomic mass is 16.5. The van der Waals surface area contributed by atoms with Crippen LogP contribution in [0.15, 0.2) is 42.5 Å². The standard InChI is InChI=1S/C22H26N4O5/c1-30-18-8-5-16(13-19(18)31-2)22(29)26-11-9-25(10-12-26)14-20(27)24-17-6-3-15(4-7-17)21(23)28/h3-8,13H,9-12,14H2,1-2H3,(H2,23,28)(H,24,27). The molecule has 1 aliphatic rings. The molecule has 164 valence electrons. The van der Waals surface area contributed by atoms with E-state index in [9.17, 15) is 14.4 Å². The van der Waals surface area contributed by atoms with Gasteiger partial charge in [0.25, 0.3) is 5.91 Å². The molecule has 3 amide bonds. The van der Waals surface area contributed by atoms with Crippen molar-refractivity contribution in [1.82, 2.24) is 9.80 Å². The molecule has 1 heterocycles. The molecule has 0 radical (unpaired) electrons. The van der Waals surface area contributed by atoms with Crippen molar-refractivity contribution >= 4 is 23.4 Å². The van der Waals surface area contributed by atoms with Gasteiger partial charge in [0, 0.05) is 43.0 Å². The first-order valence-corrected chi connectivity index (χ1v) is 9.84. The van der Waals surface area contributed by atoms with Crippen LogP contribution < -0.4 is 20.5 Å². The third-order valence-electron chi connectivity index (χ3n) is 5.11. The summed E-state index contributed by atoms with van der Waals surface area (Å²) in [5.41, 5.74) is 6.72. The minimum absolute atomic E-state index is 0.0837. The Balaban J connectivity index is 1.50. The van der Waals surface area contributed by atoms with E-state index in [4.69, 9.17) is 15.2 Å². The number of hydrogen-bond donors (Lipinski definition) is 2. The quantitative estimate of drug-likeness (QED) is 0.688. The van der Waals surface area contributed by atoms with Gasteiger partial charge in [0.2, 0.25) is 11.8 Å². The smallest absolute Gasteiger partial charge is 0.254 e. The molecule has 3 N–H and O–H groups in total. The largest absolute Gasteiger partial charge is 0.493 e. The maximum atomic E-state index is 12.8. The average molecular weight is 426 g/mol. The van der Waals surface area contributed by atoms with Crippen molar-refractivity contribution in [3.8, 4) is 11.5 Å². The second kappa shape index (κ2) is 9.94. The first kappa shape index (κ1) is 22.1. The maximum Gasteiger partial charge on any atom is 0.254 e. The molecular weight excluding hydrogens is 400 g/mol. The molecule has 2 aromatic carbocycles. The van der Waals surface area contributed by atoms with Crippen LogP contribution in [0.5, 0.6) is 11.5 Å². The highest BCUT2D eigenvalue weighted by Gasteiger charge is 2.24. The summed E-state index contributed by atoms with van der Waals surface area (Å²) in [4.78, 5) is 40.0. The lowest BCUT2D eigenvalue weighted by molar-refractivity contribution is -0.117. The number of ether oxygens (including phenoxy) is 2. The third kappa shape index (κ3) is 5.52. The first-order valence-electron chi connectivity index (χ1n) is 9.84. The van der Waals surface area contributed by atoms with Gasteiger partial charge in [-0.05, 0) is 42.5 Å². The summed E-state index contributed by atoms with van der Waals surface area (Å²) in [5.74, 6) is 0.316. The lowest BCUT2D eigenvalue weighted by atomic mass is 10.1. The van der Waals surface area contributed by atoms with Crippen molar-refractivity contribution in [2.24, 2.45) is 5.73 Å². The number of carbonyl (C=O) groups is 3. The number of nitrogens with two attached hydrogens (primary N) is 1. The molecule has 0 unspecified atom stereocenters. The average Bonchev–Trinajstić information content (AvgIpc) is 2.79. The zero-order chi connectivity index (χ0) is 22.4. The van der Waals surface area contributed by atoms with Gasteiger partial charge < -0.3 is 25.4 Å². The van der Waals surface area contributed by atoms with E-state index >= 15 is 0 Å². The van der Waals surface area contributed by atoms with Gasteiger partial charge in [0.1, 0.15) is 0 Å². The molecule has 9 heteroatoms. The molecule has 1 saturated heterocycles. The van der Waals surface area contributed by atoms with Crippen molar-refractivity contribution < 1.29 is 23.9 Å². The van der Waals surface area contributed by atoms with Crippen LogP contribution in [0.4, 0.5) is 5.69 Å². The molecule has 0 saturated carbocycles. The SMILES string of the molecule is COc1ccc(C(=O)N2CCN(CC(=O)Nc3ccc(C(N)=O)cc3)CC2)cc1OC. The van der Waals surface area contributed by atoms with E-state index in [2.05, 4.69) is 5.32 Å². The minimum atomic E-state index is -0.515. The molecule has 9 nitrogen and oxygen atoms in total. The number of hydrogen-bond acceptors (Lipinski definition) is 6. The van der Waals surface area contributed by atoms with Crippen LogP contribution in [0.1, 0.15) is 20.7 Å². The molecule has 0 bridgehead atoms. The Morgan fingerprint density at radius 3 is 2.10 bits per heavy atom. The van der Waals surface area contributed by atoms with E-state index in [1.165, 1.54) is 7.11 Å². The summed E-state index contributed by atoms with van der Waals surface area (Å²) in [6, 6.07) is 11.5. The third-order valence-corrected chi connectivity index (χ3v) is 5.11. The van der Waals surface area contributed by atoms with E-state index in [0.29, 0.717) is 54.5 Å². The predicted octanol–water partition coefficient (Wildman–Crippen LogP) is 1.20. The van der Waals surface area contributed by atoms with Crippen LogP contribution in [0.3, 0.4) is 0 Å². The molecular formula is C22H26N4O5. The number of methoxy groups -OCH3 is 2. The van der Waals surface area contributed by atoms with E-state index < -0.39 is 5.91 Å². The van der Waals surface area contributed by atoms with Gasteiger partial charge in [-0.25, -0.2) is 0 Å². The summed E-state index contributed by atoms with van der Waals surface area (Å²) < 4.78 is 10.5. The molecule has 0 aromatic heterocycles. The van der Waals surface area contributed by atoms with Crippen LogP contribution in [-0.2, 0) is 4.79 Å². The lowest BCUT2D eigenvalue weighted by Crippen LogP contribution is -2.50. The fraction of sp³-hybridized carbons (Fsp3) is 0.318. The highest BCUT2D eigenvalue weighted by Crippen LogP contribution is 2.28. The number of benzene rings is 2. The predicted molar refractivity (Wildman–Crippen MR) is 115 cm³/mol. The number of anilines is 1. The number of nitrogens with one attached hydrogen (secondary N) is 1. The van der Waals surface area contributed by atoms with Gasteiger partial charge in [-0.15, -0.1) is 0 Å². The molecule has 1 aliphatic heterocycles. The summed E-state index contributed by atoms with van der Waals surface area (Å²) in [7, 11) is 3.08. The topological polar surface area (TPSA) is 114 Å². The molecule has 0 spiro atoms. The molecule has 3 rings (SSSR count). The molecule has 31 heavy (non-hydrogen) atoms. The van der Waals surface area contributed by atoms with Crippen LogP contribution in [0, 0.1) is 0 Å². The van der Waals surface area contributed by atoms with Crippen molar-refractivity contribution in [2.45, 2.75) is 0 Å². The van der Waals surface area contributed by atoms with Gasteiger partial charge in [-0.3, -0.25) is 19.3 Å². The van der Waals surface area contributed by atoms with E-state index in [-0.39, 0.29) is 18.4 Å². The van der Waals surface area contributed by atoms with Crippen molar-refractivity contribution in [2.75, 3.05) is 52.3 Å². The van der Waals surface area contributed by atoms with Crippen molar-refractivity contribution in [3.63, 3.8) is 0 Å². The normalized spacial score (nSPS) is 14.1. The molecule has 0 aliphatic carbocycles. The highest BCUT2D eigenvalue weighted by molar-refractivity contribution is 5.96. The van der Waals surface area contributed by atoms with Crippen LogP contribution in [-0.4, -0.2) is 74.5 Å². The number of primary amides is 1. The van der Waals surface area contributed by atoms with E-state index in [1.54, 1.807) is 54.5 Å². The van der Waals surface area contributed by atoms with E-state index in [0.717, 1.165) is 0 Å². The van der Waals surface area contributed by atoms with Crippen LogP contribution in [0.25, 0.3) is 0 Å². The van der Waals surface area contributed by atoms with Gasteiger partial charge in [-0.2, -0.15) is 0 Å². The summed E-state index contributed by atoms with van der Waals surface area (Å²) in [6.45, 7) is 2.44. The zero-order valence-corrected chi connectivity index (χ0v) is 17.6. The maximum absolute atomic E-state index is 12.8. The number of nitrogens with zero attached hydrogens (tertiary/aromatic N) is 2. The summed E-state index contributed by atoms with van der Waals surface area (Å²) >= 11 is 0. The van der Waals surface area contributed by atoms with Crippen molar-refractivity contribution in [1.29, 1.82) is 0 Å². The Labute approximate surface area is 180 Å². The van der Waals surface area contributed by atoms with Gasteiger partial charge >= 0.3 is 0 Å². The lowest BCUT2D eigenvalue weighted by Gasteiger charge is -2.34. The molecule has 2 aromatic rings. The number of amides is 3. The Morgan fingerprint density at radius 2 is 1.52 bits per heavy atom. The fourth-order valence-corrected chi connectivity index (χ4v) is 3.38. The minimum Gasteiger partial charge on any atom is -0.493 e. The zero-order valence-electron chi connectivity index (χ0n) is 17.6. The fourth-order valence-electron chi connectivity index (χ4n) is 3.38.